The summed E-state index contributed by atoms with van der Waals surface area (Å²) in [7, 11) is 0. The van der Waals surface area contributed by atoms with E-state index in [1.54, 1.807) is 4.57 Å². The van der Waals surface area contributed by atoms with E-state index < -0.39 is 16.8 Å². The van der Waals surface area contributed by atoms with E-state index in [0.29, 0.717) is 18.5 Å². The maximum Gasteiger partial charge on any atom is 0.326 e. The van der Waals surface area contributed by atoms with Gasteiger partial charge in [0.05, 0.1) is 22.6 Å². The molecule has 2 aromatic carbocycles. The Morgan fingerprint density at radius 1 is 1.23 bits per heavy atom. The number of imidazole rings is 1. The minimum absolute atomic E-state index is 0.0831. The first kappa shape index (κ1) is 20.8. The molecule has 0 bridgehead atoms. The molecular formula is C20H20N4O6. The number of nitrogens with zero attached hydrogens (tertiary/aromatic N) is 2. The van der Waals surface area contributed by atoms with Crippen molar-refractivity contribution in [2.45, 2.75) is 19.9 Å². The van der Waals surface area contributed by atoms with E-state index in [0.717, 1.165) is 11.0 Å². The summed E-state index contributed by atoms with van der Waals surface area (Å²) in [5.41, 5.74) is 1.77. The molecule has 0 fully saturated rings. The summed E-state index contributed by atoms with van der Waals surface area (Å²) < 4.78 is 6.66. The summed E-state index contributed by atoms with van der Waals surface area (Å²) in [6.45, 7) is 1.67. The standard InChI is InChI=1S/C20H20N4O6/c1-13-11-14(7-8-16(13)24(28)29)19(26)21-12-18(25)30-10-4-9-23-17-6-3-2-5-15(17)22-20(23)27/h2-3,5-8,11H,4,9-10,12H2,1H3,(H,21,26)(H,22,27). The van der Waals surface area contributed by atoms with Gasteiger partial charge in [0.1, 0.15) is 6.54 Å². The molecule has 30 heavy (non-hydrogen) atoms. The first-order valence-corrected chi connectivity index (χ1v) is 9.23. The SMILES string of the molecule is Cc1cc(C(=O)NCC(=O)OCCCn2c(=O)[nH]c3ccccc32)ccc1[N+](=O)[O-]. The van der Waals surface area contributed by atoms with Crippen LogP contribution < -0.4 is 11.0 Å². The van der Waals surface area contributed by atoms with Crippen LogP contribution in [0.2, 0.25) is 0 Å². The fraction of sp³-hybridized carbons (Fsp3) is 0.250. The van der Waals surface area contributed by atoms with Crippen LogP contribution in [0.25, 0.3) is 11.0 Å². The number of nitro groups is 1. The highest BCUT2D eigenvalue weighted by Gasteiger charge is 2.15. The van der Waals surface area contributed by atoms with Gasteiger partial charge in [-0.3, -0.25) is 24.3 Å². The lowest BCUT2D eigenvalue weighted by Crippen LogP contribution is -2.31. The van der Waals surface area contributed by atoms with Crippen molar-refractivity contribution >= 4 is 28.6 Å². The van der Waals surface area contributed by atoms with Crippen LogP contribution in [0.15, 0.2) is 47.3 Å². The molecule has 1 aromatic heterocycles. The number of benzene rings is 2. The molecule has 156 valence electrons. The van der Waals surface area contributed by atoms with Gasteiger partial charge in [-0.15, -0.1) is 0 Å². The van der Waals surface area contributed by atoms with Crippen LogP contribution in [0.5, 0.6) is 0 Å². The van der Waals surface area contributed by atoms with Crippen molar-refractivity contribution in [1.82, 2.24) is 14.9 Å². The van der Waals surface area contributed by atoms with E-state index >= 15 is 0 Å². The summed E-state index contributed by atoms with van der Waals surface area (Å²) in [6, 6.07) is 11.3. The Balaban J connectivity index is 1.44. The number of aromatic nitrogens is 2. The molecular weight excluding hydrogens is 392 g/mol. The zero-order valence-electron chi connectivity index (χ0n) is 16.2. The number of hydrogen-bond acceptors (Lipinski definition) is 6. The third kappa shape index (κ3) is 4.72. The first-order chi connectivity index (χ1) is 14.4. The van der Waals surface area contributed by atoms with Crippen LogP contribution in [-0.2, 0) is 16.1 Å². The van der Waals surface area contributed by atoms with Gasteiger partial charge in [-0.2, -0.15) is 0 Å². The third-order valence-electron chi connectivity index (χ3n) is 4.52. The van der Waals surface area contributed by atoms with Crippen molar-refractivity contribution in [3.63, 3.8) is 0 Å². The molecule has 0 unspecified atom stereocenters. The monoisotopic (exact) mass is 412 g/mol. The highest BCUT2D eigenvalue weighted by Crippen LogP contribution is 2.18. The van der Waals surface area contributed by atoms with E-state index in [9.17, 15) is 24.5 Å². The molecule has 2 N–H and O–H groups in total. The predicted octanol–water partition coefficient (Wildman–Crippen LogP) is 1.91. The van der Waals surface area contributed by atoms with Crippen molar-refractivity contribution in [1.29, 1.82) is 0 Å². The van der Waals surface area contributed by atoms with Crippen LogP contribution in [0.3, 0.4) is 0 Å². The molecule has 0 saturated carbocycles. The Kier molecular flexibility index (Phi) is 6.26. The number of aromatic amines is 1. The van der Waals surface area contributed by atoms with Crippen LogP contribution in [0.1, 0.15) is 22.3 Å². The van der Waals surface area contributed by atoms with Crippen molar-refractivity contribution in [3.05, 3.63) is 74.2 Å². The summed E-state index contributed by atoms with van der Waals surface area (Å²) in [5, 5.41) is 13.2. The van der Waals surface area contributed by atoms with Gasteiger partial charge in [0.15, 0.2) is 0 Å². The Bertz CT molecular complexity index is 1160. The zero-order valence-corrected chi connectivity index (χ0v) is 16.2. The molecule has 0 aliphatic rings. The van der Waals surface area contributed by atoms with Crippen LogP contribution in [0, 0.1) is 17.0 Å². The second-order valence-corrected chi connectivity index (χ2v) is 6.61. The molecule has 0 saturated heterocycles. The molecule has 1 heterocycles. The summed E-state index contributed by atoms with van der Waals surface area (Å²) in [5.74, 6) is -1.15. The molecule has 0 aliphatic heterocycles. The molecule has 3 rings (SSSR count). The van der Waals surface area contributed by atoms with Crippen molar-refractivity contribution < 1.29 is 19.2 Å². The molecule has 10 nitrogen and oxygen atoms in total. The number of hydrogen-bond donors (Lipinski definition) is 2. The number of esters is 1. The Hall–Kier alpha value is -3.95. The van der Waals surface area contributed by atoms with E-state index in [-0.39, 0.29) is 30.1 Å². The quantitative estimate of drug-likeness (QED) is 0.251. The van der Waals surface area contributed by atoms with Crippen LogP contribution in [-0.4, -0.2) is 39.5 Å². The first-order valence-electron chi connectivity index (χ1n) is 9.23. The number of rotatable bonds is 8. The topological polar surface area (TPSA) is 136 Å². The molecule has 1 amide bonds. The summed E-state index contributed by atoms with van der Waals surface area (Å²) >= 11 is 0. The number of aryl methyl sites for hydroxylation is 2. The van der Waals surface area contributed by atoms with Gasteiger partial charge in [0.2, 0.25) is 0 Å². The van der Waals surface area contributed by atoms with Gasteiger partial charge >= 0.3 is 11.7 Å². The number of fused-ring (bicyclic) bond motifs is 1. The minimum atomic E-state index is -0.617. The van der Waals surface area contributed by atoms with Crippen molar-refractivity contribution in [3.8, 4) is 0 Å². The largest absolute Gasteiger partial charge is 0.464 e. The van der Waals surface area contributed by atoms with Crippen LogP contribution >= 0.6 is 0 Å². The highest BCUT2D eigenvalue weighted by molar-refractivity contribution is 5.96. The summed E-state index contributed by atoms with van der Waals surface area (Å²) in [6.07, 6.45) is 0.434. The number of carbonyl (C=O) groups excluding carboxylic acids is 2. The Morgan fingerprint density at radius 2 is 2.00 bits per heavy atom. The Morgan fingerprint density at radius 3 is 2.73 bits per heavy atom. The second kappa shape index (κ2) is 9.03. The molecule has 3 aromatic rings. The van der Waals surface area contributed by atoms with Gasteiger partial charge in [-0.1, -0.05) is 12.1 Å². The number of H-pyrrole nitrogens is 1. The van der Waals surface area contributed by atoms with Gasteiger partial charge in [0, 0.05) is 23.7 Å². The molecule has 10 heteroatoms. The smallest absolute Gasteiger partial charge is 0.326 e. The predicted molar refractivity (Wildman–Crippen MR) is 108 cm³/mol. The number of nitro benzene ring substituents is 1. The number of para-hydroxylation sites is 2. The fourth-order valence-electron chi connectivity index (χ4n) is 3.04. The molecule has 0 aliphatic carbocycles. The lowest BCUT2D eigenvalue weighted by atomic mass is 10.1. The van der Waals surface area contributed by atoms with Gasteiger partial charge < -0.3 is 15.0 Å². The summed E-state index contributed by atoms with van der Waals surface area (Å²) in [4.78, 5) is 49.0. The number of ether oxygens (including phenoxy) is 1. The van der Waals surface area contributed by atoms with Gasteiger partial charge in [-0.05, 0) is 37.6 Å². The van der Waals surface area contributed by atoms with E-state index in [2.05, 4.69) is 10.3 Å². The second-order valence-electron chi connectivity index (χ2n) is 6.61. The maximum atomic E-state index is 12.1. The maximum absolute atomic E-state index is 12.1. The highest BCUT2D eigenvalue weighted by atomic mass is 16.6. The molecule has 0 spiro atoms. The average molecular weight is 412 g/mol. The zero-order chi connectivity index (χ0) is 21.7. The minimum Gasteiger partial charge on any atom is -0.464 e. The van der Waals surface area contributed by atoms with Crippen molar-refractivity contribution in [2.75, 3.05) is 13.2 Å². The lowest BCUT2D eigenvalue weighted by Gasteiger charge is -2.08. The Labute approximate surface area is 170 Å². The molecule has 0 radical (unpaired) electrons. The van der Waals surface area contributed by atoms with Crippen LogP contribution in [0.4, 0.5) is 5.69 Å². The van der Waals surface area contributed by atoms with E-state index in [4.69, 9.17) is 4.74 Å². The van der Waals surface area contributed by atoms with Gasteiger partial charge in [-0.25, -0.2) is 4.79 Å². The van der Waals surface area contributed by atoms with Crippen molar-refractivity contribution in [2.24, 2.45) is 0 Å². The number of nitrogens with one attached hydrogen (secondary N) is 2. The van der Waals surface area contributed by atoms with Gasteiger partial charge in [0.25, 0.3) is 11.6 Å². The normalized spacial score (nSPS) is 10.7. The van der Waals surface area contributed by atoms with E-state index in [1.165, 1.54) is 25.1 Å². The molecule has 0 atom stereocenters. The fourth-order valence-corrected chi connectivity index (χ4v) is 3.04. The lowest BCUT2D eigenvalue weighted by molar-refractivity contribution is -0.385. The van der Waals surface area contributed by atoms with E-state index in [1.807, 2.05) is 24.3 Å². The number of amides is 1. The number of carbonyl (C=O) groups is 2. The third-order valence-corrected chi connectivity index (χ3v) is 4.52. The average Bonchev–Trinajstić information content (AvgIpc) is 3.04.